The summed E-state index contributed by atoms with van der Waals surface area (Å²) in [4.78, 5) is 11.1. The molecule has 0 heterocycles. The minimum Gasteiger partial charge on any atom is -1.00 e. The number of halogens is 1. The Morgan fingerprint density at radius 3 is 2.04 bits per heavy atom. The maximum atomic E-state index is 11.1. The lowest BCUT2D eigenvalue weighted by atomic mass is 10.2. The first kappa shape index (κ1) is 28.2. The number of nitrogens with one attached hydrogen (secondary N) is 1. The van der Waals surface area contributed by atoms with E-state index in [0.717, 1.165) is 0 Å². The fourth-order valence-electron chi connectivity index (χ4n) is 1.65. The maximum absolute atomic E-state index is 11.1. The van der Waals surface area contributed by atoms with Crippen molar-refractivity contribution in [3.05, 3.63) is 54.6 Å². The highest BCUT2D eigenvalue weighted by Crippen LogP contribution is 1.97. The third-order valence-corrected chi connectivity index (χ3v) is 2.68. The van der Waals surface area contributed by atoms with Crippen molar-refractivity contribution >= 4 is 12.0 Å². The van der Waals surface area contributed by atoms with E-state index in [1.165, 1.54) is 5.56 Å². The number of carbonyl (C=O) groups excluding carboxylic acids is 1. The Morgan fingerprint density at radius 2 is 1.72 bits per heavy atom. The third kappa shape index (κ3) is 18.6. The number of carbonyl (C=O) groups is 1. The van der Waals surface area contributed by atoms with Crippen LogP contribution in [0.2, 0.25) is 0 Å². The molecule has 144 valence electrons. The summed E-state index contributed by atoms with van der Waals surface area (Å²) >= 11 is 0. The first-order valence-corrected chi connectivity index (χ1v) is 8.25. The van der Waals surface area contributed by atoms with E-state index in [0.29, 0.717) is 16.6 Å². The molecular formula is C20H35ClN2O2. The van der Waals surface area contributed by atoms with Crippen LogP contribution in [-0.4, -0.2) is 55.8 Å². The number of aliphatic hydroxyl groups excluding tert-OH is 1. The average Bonchev–Trinajstić information content (AvgIpc) is 2.54. The molecule has 4 nitrogen and oxygen atoms in total. The molecule has 0 bridgehead atoms. The van der Waals surface area contributed by atoms with Gasteiger partial charge in [-0.05, 0) is 12.5 Å². The summed E-state index contributed by atoms with van der Waals surface area (Å²) in [6.45, 7) is 13.7. The van der Waals surface area contributed by atoms with E-state index < -0.39 is 6.10 Å². The molecular weight excluding hydrogens is 336 g/mol. The zero-order chi connectivity index (χ0) is 19.2. The summed E-state index contributed by atoms with van der Waals surface area (Å²) in [7, 11) is 5.97. The number of amides is 1. The monoisotopic (exact) mass is 370 g/mol. The summed E-state index contributed by atoms with van der Waals surface area (Å²) in [5.74, 6) is -0.203. The number of hydrogen-bond acceptors (Lipinski definition) is 2. The van der Waals surface area contributed by atoms with Crippen molar-refractivity contribution in [2.45, 2.75) is 26.9 Å². The second-order valence-electron chi connectivity index (χ2n) is 6.23. The van der Waals surface area contributed by atoms with Crippen LogP contribution in [-0.2, 0) is 4.79 Å². The molecule has 1 amide bonds. The SMILES string of the molecule is C=C(C)C(=O)NCC(O)C[N+](C)(C)C.C=Cc1ccccc1.CC.[Cl-]. The summed E-state index contributed by atoms with van der Waals surface area (Å²) in [6.07, 6.45) is 1.32. The van der Waals surface area contributed by atoms with Crippen LogP contribution in [0.3, 0.4) is 0 Å². The second-order valence-corrected chi connectivity index (χ2v) is 6.23. The van der Waals surface area contributed by atoms with Crippen molar-refractivity contribution in [1.82, 2.24) is 5.32 Å². The van der Waals surface area contributed by atoms with E-state index in [2.05, 4.69) is 18.5 Å². The molecule has 1 rings (SSSR count). The molecule has 1 aromatic rings. The van der Waals surface area contributed by atoms with Crippen molar-refractivity contribution in [1.29, 1.82) is 0 Å². The minimum absolute atomic E-state index is 0. The smallest absolute Gasteiger partial charge is 0.246 e. The zero-order valence-electron chi connectivity index (χ0n) is 16.6. The summed E-state index contributed by atoms with van der Waals surface area (Å²) in [5, 5.41) is 12.2. The van der Waals surface area contributed by atoms with Crippen molar-refractivity contribution in [2.75, 3.05) is 34.2 Å². The second kappa shape index (κ2) is 15.9. The van der Waals surface area contributed by atoms with Gasteiger partial charge in [0.2, 0.25) is 5.91 Å². The van der Waals surface area contributed by atoms with E-state index >= 15 is 0 Å². The fourth-order valence-corrected chi connectivity index (χ4v) is 1.65. The highest BCUT2D eigenvalue weighted by molar-refractivity contribution is 5.92. The molecule has 1 atom stereocenters. The lowest BCUT2D eigenvalue weighted by Crippen LogP contribution is -3.00. The standard InChI is InChI=1S/C10H20N2O2.C8H8.C2H6.ClH/c1-8(2)10(14)11-6-9(13)7-12(3,4)5;1-2-8-6-4-3-5-7-8;1-2;/h9,13H,1,6-7H2,2-5H3;2-7H,1H2;1-2H3;1H. The van der Waals surface area contributed by atoms with Crippen molar-refractivity contribution in [3.63, 3.8) is 0 Å². The molecule has 0 aliphatic carbocycles. The van der Waals surface area contributed by atoms with Gasteiger partial charge < -0.3 is 27.3 Å². The third-order valence-electron chi connectivity index (χ3n) is 2.68. The number of hydrogen-bond donors (Lipinski definition) is 2. The molecule has 2 N–H and O–H groups in total. The van der Waals surface area contributed by atoms with E-state index in [4.69, 9.17) is 0 Å². The molecule has 1 unspecified atom stereocenters. The largest absolute Gasteiger partial charge is 1.00 e. The number of nitrogens with zero attached hydrogens (tertiary/aromatic N) is 1. The molecule has 5 heteroatoms. The van der Waals surface area contributed by atoms with E-state index in [1.54, 1.807) is 6.92 Å². The highest BCUT2D eigenvalue weighted by Gasteiger charge is 2.15. The zero-order valence-corrected chi connectivity index (χ0v) is 17.3. The van der Waals surface area contributed by atoms with Gasteiger partial charge in [0.25, 0.3) is 0 Å². The predicted octanol–water partition coefficient (Wildman–Crippen LogP) is 0.106. The Balaban J connectivity index is -0.000000373. The van der Waals surface area contributed by atoms with Crippen molar-refractivity contribution in [3.8, 4) is 0 Å². The Morgan fingerprint density at radius 1 is 1.24 bits per heavy atom. The van der Waals surface area contributed by atoms with Crippen LogP contribution >= 0.6 is 0 Å². The first-order valence-electron chi connectivity index (χ1n) is 8.25. The number of likely N-dealkylation sites (N-methyl/N-ethyl adjacent to an activating group) is 1. The number of aliphatic hydroxyl groups is 1. The fraction of sp³-hybridized carbons (Fsp3) is 0.450. The van der Waals surface area contributed by atoms with Crippen LogP contribution in [0, 0.1) is 0 Å². The molecule has 0 spiro atoms. The molecule has 0 fully saturated rings. The molecule has 0 saturated heterocycles. The van der Waals surface area contributed by atoms with Crippen molar-refractivity contribution in [2.24, 2.45) is 0 Å². The molecule has 0 radical (unpaired) electrons. The Hall–Kier alpha value is -1.62. The first-order chi connectivity index (χ1) is 11.2. The van der Waals surface area contributed by atoms with Crippen LogP contribution in [0.5, 0.6) is 0 Å². The van der Waals surface area contributed by atoms with Crippen LogP contribution in [0.15, 0.2) is 49.1 Å². The molecule has 0 aliphatic rings. The summed E-state index contributed by atoms with van der Waals surface area (Å²) < 4.78 is 0.671. The van der Waals surface area contributed by atoms with Crippen LogP contribution in [0.25, 0.3) is 6.08 Å². The molecule has 25 heavy (non-hydrogen) atoms. The van der Waals surface area contributed by atoms with Gasteiger partial charge >= 0.3 is 0 Å². The average molecular weight is 371 g/mol. The number of quaternary nitrogens is 1. The van der Waals surface area contributed by atoms with Crippen LogP contribution in [0.4, 0.5) is 0 Å². The topological polar surface area (TPSA) is 49.3 Å². The molecule has 1 aromatic carbocycles. The highest BCUT2D eigenvalue weighted by atomic mass is 35.5. The van der Waals surface area contributed by atoms with Gasteiger partial charge in [-0.1, -0.05) is 63.4 Å². The van der Waals surface area contributed by atoms with Gasteiger partial charge in [-0.2, -0.15) is 0 Å². The lowest BCUT2D eigenvalue weighted by molar-refractivity contribution is -0.873. The van der Waals surface area contributed by atoms with Gasteiger partial charge in [0.1, 0.15) is 12.6 Å². The Kier molecular flexibility index (Phi) is 17.9. The van der Waals surface area contributed by atoms with Crippen molar-refractivity contribution < 1.29 is 26.8 Å². The van der Waals surface area contributed by atoms with E-state index in [1.807, 2.05) is 71.4 Å². The van der Waals surface area contributed by atoms with Gasteiger partial charge in [-0.15, -0.1) is 0 Å². The van der Waals surface area contributed by atoms with Gasteiger partial charge in [-0.25, -0.2) is 0 Å². The molecule has 0 aromatic heterocycles. The molecule has 0 saturated carbocycles. The summed E-state index contributed by atoms with van der Waals surface area (Å²) in [5.41, 5.74) is 1.63. The number of rotatable bonds is 6. The normalized spacial score (nSPS) is 10.5. The number of benzene rings is 1. The van der Waals surface area contributed by atoms with Gasteiger partial charge in [0, 0.05) is 12.1 Å². The van der Waals surface area contributed by atoms with Crippen LogP contribution in [0.1, 0.15) is 26.3 Å². The Bertz CT molecular complexity index is 482. The summed E-state index contributed by atoms with van der Waals surface area (Å²) in [6, 6.07) is 10.0. The lowest BCUT2D eigenvalue weighted by Gasteiger charge is -2.26. The van der Waals surface area contributed by atoms with Gasteiger partial charge in [0.15, 0.2) is 0 Å². The quantitative estimate of drug-likeness (QED) is 0.551. The van der Waals surface area contributed by atoms with Crippen LogP contribution < -0.4 is 17.7 Å². The minimum atomic E-state index is -0.515. The van der Waals surface area contributed by atoms with E-state index in [9.17, 15) is 9.90 Å². The predicted molar refractivity (Wildman–Crippen MR) is 105 cm³/mol. The maximum Gasteiger partial charge on any atom is 0.246 e. The Labute approximate surface area is 160 Å². The molecule has 0 aliphatic heterocycles. The van der Waals surface area contributed by atoms with Gasteiger partial charge in [0.05, 0.1) is 21.1 Å². The van der Waals surface area contributed by atoms with Gasteiger partial charge in [-0.3, -0.25) is 4.79 Å². The van der Waals surface area contributed by atoms with E-state index in [-0.39, 0.29) is 24.9 Å².